The third-order valence-electron chi connectivity index (χ3n) is 5.20. The molecule has 0 bridgehead atoms. The number of nitrogens with two attached hydrogens (primary N) is 1. The maximum absolute atomic E-state index is 12.0. The van der Waals surface area contributed by atoms with Gasteiger partial charge in [-0.05, 0) is 51.3 Å². The number of hydrogen-bond donors (Lipinski definition) is 2. The Kier molecular flexibility index (Phi) is 4.11. The van der Waals surface area contributed by atoms with Gasteiger partial charge in [0.05, 0.1) is 28.8 Å². The second kappa shape index (κ2) is 6.44. The molecule has 2 aliphatic heterocycles. The van der Waals surface area contributed by atoms with Crippen molar-refractivity contribution in [2.75, 3.05) is 0 Å². The molecule has 134 valence electrons. The van der Waals surface area contributed by atoms with E-state index in [1.807, 2.05) is 31.2 Å². The van der Waals surface area contributed by atoms with E-state index in [9.17, 15) is 4.79 Å². The smallest absolute Gasteiger partial charge is 0.250 e. The summed E-state index contributed by atoms with van der Waals surface area (Å²) < 4.78 is 0. The minimum atomic E-state index is -0.467. The highest BCUT2D eigenvalue weighted by atomic mass is 16.1. The van der Waals surface area contributed by atoms with Gasteiger partial charge in [-0.3, -0.25) is 14.8 Å². The van der Waals surface area contributed by atoms with E-state index >= 15 is 0 Å². The molecule has 4 heterocycles. The van der Waals surface area contributed by atoms with Gasteiger partial charge in [-0.1, -0.05) is 6.07 Å². The first-order chi connectivity index (χ1) is 12.6. The first-order valence-corrected chi connectivity index (χ1v) is 9.03. The average Bonchev–Trinajstić information content (AvgIpc) is 3.02. The van der Waals surface area contributed by atoms with Crippen LogP contribution in [0.2, 0.25) is 0 Å². The molecule has 0 spiro atoms. The maximum Gasteiger partial charge on any atom is 0.250 e. The number of primary amides is 1. The minimum Gasteiger partial charge on any atom is -0.366 e. The molecule has 2 aromatic heterocycles. The van der Waals surface area contributed by atoms with Crippen LogP contribution in [0, 0.1) is 6.92 Å². The first-order valence-electron chi connectivity index (χ1n) is 9.03. The predicted molar refractivity (Wildman–Crippen MR) is 101 cm³/mol. The zero-order chi connectivity index (χ0) is 18.3. The van der Waals surface area contributed by atoms with E-state index in [4.69, 9.17) is 10.7 Å². The molecule has 1 amide bonds. The average molecular weight is 349 g/mol. The SMILES string of the molecule is Cc1cccc(C2=C(c3ccncc3C(N)=O)N3C(CCC[C@H]3C)N2)n1. The Hall–Kier alpha value is -2.89. The summed E-state index contributed by atoms with van der Waals surface area (Å²) in [6.07, 6.45) is 6.81. The van der Waals surface area contributed by atoms with Crippen molar-refractivity contribution in [3.8, 4) is 0 Å². The quantitative estimate of drug-likeness (QED) is 0.889. The standard InChI is InChI=1S/C20H23N5O/c1-12-5-3-7-16(23-12)18-19(14-9-10-22-11-15(14)20(21)26)25-13(2)6-4-8-17(25)24-18/h3,5,7,9-11,13,17,24H,4,6,8H2,1-2H3,(H2,21,26)/t13-,17?/m1/s1. The number of carbonyl (C=O) groups is 1. The first kappa shape index (κ1) is 16.6. The fraction of sp³-hybridized carbons (Fsp3) is 0.350. The molecule has 1 unspecified atom stereocenters. The van der Waals surface area contributed by atoms with Crippen molar-refractivity contribution in [2.24, 2.45) is 5.73 Å². The summed E-state index contributed by atoms with van der Waals surface area (Å²) in [6.45, 7) is 4.21. The zero-order valence-corrected chi connectivity index (χ0v) is 15.1. The topological polar surface area (TPSA) is 84.1 Å². The number of carbonyl (C=O) groups excluding carboxylic acids is 1. The van der Waals surface area contributed by atoms with Crippen molar-refractivity contribution in [3.05, 3.63) is 59.2 Å². The van der Waals surface area contributed by atoms with Crippen molar-refractivity contribution in [1.82, 2.24) is 20.2 Å². The third-order valence-corrected chi connectivity index (χ3v) is 5.20. The van der Waals surface area contributed by atoms with Crippen LogP contribution in [-0.4, -0.2) is 33.0 Å². The molecule has 0 radical (unpaired) electrons. The van der Waals surface area contributed by atoms with Crippen molar-refractivity contribution in [2.45, 2.75) is 45.3 Å². The molecule has 6 nitrogen and oxygen atoms in total. The van der Waals surface area contributed by atoms with E-state index in [0.717, 1.165) is 41.2 Å². The summed E-state index contributed by atoms with van der Waals surface area (Å²) in [5.41, 5.74) is 10.7. The zero-order valence-electron chi connectivity index (χ0n) is 15.1. The van der Waals surface area contributed by atoms with E-state index in [0.29, 0.717) is 11.6 Å². The number of rotatable bonds is 3. The van der Waals surface area contributed by atoms with Crippen LogP contribution in [0.4, 0.5) is 0 Å². The van der Waals surface area contributed by atoms with Gasteiger partial charge in [0.2, 0.25) is 0 Å². The molecule has 0 aromatic carbocycles. The third kappa shape index (κ3) is 2.71. The highest BCUT2D eigenvalue weighted by Crippen LogP contribution is 2.41. The number of piperidine rings is 1. The fourth-order valence-corrected chi connectivity index (χ4v) is 4.02. The van der Waals surface area contributed by atoms with Gasteiger partial charge in [-0.15, -0.1) is 0 Å². The summed E-state index contributed by atoms with van der Waals surface area (Å²) in [7, 11) is 0. The van der Waals surface area contributed by atoms with Crippen LogP contribution in [-0.2, 0) is 0 Å². The van der Waals surface area contributed by atoms with Gasteiger partial charge in [0.1, 0.15) is 0 Å². The number of pyridine rings is 2. The number of nitrogens with zero attached hydrogens (tertiary/aromatic N) is 3. The van der Waals surface area contributed by atoms with Crippen molar-refractivity contribution >= 4 is 17.3 Å². The molecule has 0 saturated carbocycles. The predicted octanol–water partition coefficient (Wildman–Crippen LogP) is 2.51. The van der Waals surface area contributed by atoms with E-state index < -0.39 is 5.91 Å². The molecule has 2 atom stereocenters. The van der Waals surface area contributed by atoms with Crippen LogP contribution >= 0.6 is 0 Å². The second-order valence-corrected chi connectivity index (χ2v) is 7.02. The van der Waals surface area contributed by atoms with E-state index in [1.165, 1.54) is 6.42 Å². The second-order valence-electron chi connectivity index (χ2n) is 7.02. The van der Waals surface area contributed by atoms with Crippen molar-refractivity contribution in [3.63, 3.8) is 0 Å². The number of aromatic nitrogens is 2. The van der Waals surface area contributed by atoms with Gasteiger partial charge in [-0.2, -0.15) is 0 Å². The Bertz CT molecular complexity index is 891. The van der Waals surface area contributed by atoms with Crippen LogP contribution in [0.25, 0.3) is 11.4 Å². The lowest BCUT2D eigenvalue weighted by Crippen LogP contribution is -2.45. The summed E-state index contributed by atoms with van der Waals surface area (Å²) in [4.78, 5) is 23.2. The lowest BCUT2D eigenvalue weighted by Gasteiger charge is -2.39. The van der Waals surface area contributed by atoms with Crippen molar-refractivity contribution < 1.29 is 4.79 Å². The van der Waals surface area contributed by atoms with Gasteiger partial charge < -0.3 is 16.0 Å². The van der Waals surface area contributed by atoms with Gasteiger partial charge in [0.15, 0.2) is 0 Å². The van der Waals surface area contributed by atoms with Crippen LogP contribution in [0.5, 0.6) is 0 Å². The lowest BCUT2D eigenvalue weighted by atomic mass is 9.98. The van der Waals surface area contributed by atoms with E-state index in [-0.39, 0.29) is 6.17 Å². The molecule has 2 aliphatic rings. The Balaban J connectivity index is 1.95. The molecule has 3 N–H and O–H groups in total. The molecule has 1 saturated heterocycles. The Labute approximate surface area is 153 Å². The van der Waals surface area contributed by atoms with Crippen LogP contribution in [0.3, 0.4) is 0 Å². The number of aryl methyl sites for hydroxylation is 1. The summed E-state index contributed by atoms with van der Waals surface area (Å²) in [5.74, 6) is -0.467. The highest BCUT2D eigenvalue weighted by Gasteiger charge is 2.39. The molecular formula is C20H23N5O. The van der Waals surface area contributed by atoms with Crippen LogP contribution in [0.1, 0.15) is 53.5 Å². The Morgan fingerprint density at radius 3 is 2.92 bits per heavy atom. The van der Waals surface area contributed by atoms with Gasteiger partial charge in [0, 0.05) is 29.7 Å². The summed E-state index contributed by atoms with van der Waals surface area (Å²) in [5, 5.41) is 3.65. The van der Waals surface area contributed by atoms with E-state index in [1.54, 1.807) is 12.4 Å². The normalized spacial score (nSPS) is 22.2. The number of hydrogen-bond acceptors (Lipinski definition) is 5. The molecule has 0 aliphatic carbocycles. The molecule has 4 rings (SSSR count). The number of amides is 1. The van der Waals surface area contributed by atoms with Crippen LogP contribution < -0.4 is 11.1 Å². The monoisotopic (exact) mass is 349 g/mol. The van der Waals surface area contributed by atoms with Gasteiger partial charge in [0.25, 0.3) is 5.91 Å². The fourth-order valence-electron chi connectivity index (χ4n) is 4.02. The summed E-state index contributed by atoms with van der Waals surface area (Å²) >= 11 is 0. The van der Waals surface area contributed by atoms with Crippen LogP contribution in [0.15, 0.2) is 36.7 Å². The van der Waals surface area contributed by atoms with Gasteiger partial charge >= 0.3 is 0 Å². The molecule has 2 aromatic rings. The maximum atomic E-state index is 12.0. The lowest BCUT2D eigenvalue weighted by molar-refractivity contribution is 0.0999. The molecular weight excluding hydrogens is 326 g/mol. The molecule has 1 fully saturated rings. The summed E-state index contributed by atoms with van der Waals surface area (Å²) in [6, 6.07) is 8.23. The van der Waals surface area contributed by atoms with Crippen molar-refractivity contribution in [1.29, 1.82) is 0 Å². The number of fused-ring (bicyclic) bond motifs is 1. The largest absolute Gasteiger partial charge is 0.366 e. The molecule has 6 heteroatoms. The Morgan fingerprint density at radius 2 is 2.15 bits per heavy atom. The minimum absolute atomic E-state index is 0.208. The highest BCUT2D eigenvalue weighted by molar-refractivity contribution is 6.01. The number of nitrogens with one attached hydrogen (secondary N) is 1. The molecule has 26 heavy (non-hydrogen) atoms. The van der Waals surface area contributed by atoms with E-state index in [2.05, 4.69) is 22.1 Å². The Morgan fingerprint density at radius 1 is 1.31 bits per heavy atom. The van der Waals surface area contributed by atoms with Gasteiger partial charge in [-0.25, -0.2) is 0 Å².